The normalized spacial score (nSPS) is 18.7. The summed E-state index contributed by atoms with van der Waals surface area (Å²) in [4.78, 5) is 0. The Balaban J connectivity index is 1.83. The monoisotopic (exact) mass is 359 g/mol. The van der Waals surface area contributed by atoms with Crippen molar-refractivity contribution in [3.63, 3.8) is 0 Å². The molecule has 0 spiro atoms. The van der Waals surface area contributed by atoms with Crippen LogP contribution in [0.25, 0.3) is 0 Å². The second kappa shape index (κ2) is 8.32. The van der Waals surface area contributed by atoms with Gasteiger partial charge >= 0.3 is 0 Å². The highest BCUT2D eigenvalue weighted by atomic mass is 32.2. The molecule has 0 aromatic heterocycles. The molecule has 4 heteroatoms. The van der Waals surface area contributed by atoms with E-state index in [9.17, 15) is 0 Å². The van der Waals surface area contributed by atoms with E-state index in [1.807, 2.05) is 23.5 Å². The van der Waals surface area contributed by atoms with Crippen LogP contribution in [0, 0.1) is 0 Å². The van der Waals surface area contributed by atoms with E-state index in [2.05, 4.69) is 73.8 Å². The largest absolute Gasteiger partial charge is 0.467 e. The number of thioether (sulfide) groups is 2. The van der Waals surface area contributed by atoms with Crippen molar-refractivity contribution in [2.75, 3.05) is 11.5 Å². The number of ether oxygens (including phenoxy) is 1. The van der Waals surface area contributed by atoms with Crippen LogP contribution in [0.2, 0.25) is 0 Å². The fourth-order valence-corrected chi connectivity index (χ4v) is 5.89. The van der Waals surface area contributed by atoms with E-state index in [-0.39, 0.29) is 4.27 Å². The van der Waals surface area contributed by atoms with E-state index in [0.29, 0.717) is 6.04 Å². The third kappa shape index (κ3) is 4.11. The summed E-state index contributed by atoms with van der Waals surface area (Å²) in [6.45, 7) is 5.29. The molecule has 1 aliphatic rings. The summed E-state index contributed by atoms with van der Waals surface area (Å²) in [5, 5.41) is 3.76. The number of para-hydroxylation sites is 1. The first kappa shape index (κ1) is 17.7. The van der Waals surface area contributed by atoms with Gasteiger partial charge in [0.1, 0.15) is 5.75 Å². The van der Waals surface area contributed by atoms with Crippen LogP contribution in [0.3, 0.4) is 0 Å². The number of benzene rings is 2. The van der Waals surface area contributed by atoms with Crippen LogP contribution >= 0.6 is 23.5 Å². The average molecular weight is 360 g/mol. The lowest BCUT2D eigenvalue weighted by Gasteiger charge is -2.41. The van der Waals surface area contributed by atoms with Crippen molar-refractivity contribution < 1.29 is 4.74 Å². The van der Waals surface area contributed by atoms with Crippen LogP contribution in [0.5, 0.6) is 5.75 Å². The molecule has 0 saturated heterocycles. The van der Waals surface area contributed by atoms with Crippen molar-refractivity contribution >= 4 is 23.5 Å². The SMILES string of the molecule is CCSC1(SCC)CC(NCc2ccccc2)c2ccccc2O1. The molecule has 0 fully saturated rings. The third-order valence-corrected chi connectivity index (χ3v) is 6.80. The fraction of sp³-hybridized carbons (Fsp3) is 0.400. The Bertz CT molecular complexity index is 641. The van der Waals surface area contributed by atoms with Gasteiger partial charge in [-0.15, -0.1) is 23.5 Å². The van der Waals surface area contributed by atoms with Crippen LogP contribution in [-0.2, 0) is 6.54 Å². The van der Waals surface area contributed by atoms with Crippen LogP contribution in [0.15, 0.2) is 54.6 Å². The summed E-state index contributed by atoms with van der Waals surface area (Å²) in [7, 11) is 0. The number of hydrogen-bond donors (Lipinski definition) is 1. The smallest absolute Gasteiger partial charge is 0.203 e. The first-order valence-electron chi connectivity index (χ1n) is 8.59. The highest BCUT2D eigenvalue weighted by molar-refractivity contribution is 8.18. The predicted molar refractivity (Wildman–Crippen MR) is 107 cm³/mol. The Morgan fingerprint density at radius 1 is 1.00 bits per heavy atom. The second-order valence-corrected chi connectivity index (χ2v) is 9.12. The number of nitrogens with one attached hydrogen (secondary N) is 1. The standard InChI is InChI=1S/C20H25NOS2/c1-3-23-20(24-4-2)14-18(17-12-8-9-13-19(17)22-20)21-15-16-10-6-5-7-11-16/h5-13,18,21H,3-4,14-15H2,1-2H3. The molecule has 1 unspecified atom stereocenters. The lowest BCUT2D eigenvalue weighted by Crippen LogP contribution is -2.39. The molecule has 0 saturated carbocycles. The molecule has 2 nitrogen and oxygen atoms in total. The highest BCUT2D eigenvalue weighted by Crippen LogP contribution is 2.50. The summed E-state index contributed by atoms with van der Waals surface area (Å²) < 4.78 is 6.28. The van der Waals surface area contributed by atoms with Gasteiger partial charge in [0.15, 0.2) is 0 Å². The molecule has 2 aromatic rings. The van der Waals surface area contributed by atoms with Crippen molar-refractivity contribution in [1.82, 2.24) is 5.32 Å². The van der Waals surface area contributed by atoms with Crippen LogP contribution < -0.4 is 10.1 Å². The van der Waals surface area contributed by atoms with Gasteiger partial charge in [0, 0.05) is 24.6 Å². The maximum atomic E-state index is 6.47. The van der Waals surface area contributed by atoms with Crippen molar-refractivity contribution in [3.05, 3.63) is 65.7 Å². The topological polar surface area (TPSA) is 21.3 Å². The maximum Gasteiger partial charge on any atom is 0.203 e. The van der Waals surface area contributed by atoms with E-state index < -0.39 is 0 Å². The molecule has 128 valence electrons. The quantitative estimate of drug-likeness (QED) is 0.662. The molecule has 0 bridgehead atoms. The molecule has 0 aliphatic carbocycles. The van der Waals surface area contributed by atoms with Gasteiger partial charge in [-0.1, -0.05) is 62.4 Å². The average Bonchev–Trinajstić information content (AvgIpc) is 2.61. The van der Waals surface area contributed by atoms with E-state index in [0.717, 1.165) is 30.2 Å². The van der Waals surface area contributed by atoms with Gasteiger partial charge in [0.05, 0.1) is 0 Å². The van der Waals surface area contributed by atoms with Crippen LogP contribution in [0.1, 0.15) is 37.4 Å². The van der Waals surface area contributed by atoms with E-state index in [4.69, 9.17) is 4.74 Å². The summed E-state index contributed by atoms with van der Waals surface area (Å²) in [6, 6.07) is 19.4. The maximum absolute atomic E-state index is 6.47. The minimum atomic E-state index is -0.188. The lowest BCUT2D eigenvalue weighted by atomic mass is 10.00. The minimum absolute atomic E-state index is 0.188. The summed E-state index contributed by atoms with van der Waals surface area (Å²) in [6.07, 6.45) is 0.980. The Morgan fingerprint density at radius 2 is 1.67 bits per heavy atom. The molecule has 1 N–H and O–H groups in total. The molecule has 1 atom stereocenters. The van der Waals surface area contributed by atoms with Gasteiger partial charge in [0.2, 0.25) is 4.27 Å². The predicted octanol–water partition coefficient (Wildman–Crippen LogP) is 5.46. The molecular formula is C20H25NOS2. The van der Waals surface area contributed by atoms with Gasteiger partial charge < -0.3 is 10.1 Å². The molecule has 0 radical (unpaired) electrons. The Hall–Kier alpha value is -1.10. The molecule has 0 amide bonds. The van der Waals surface area contributed by atoms with Gasteiger partial charge in [-0.2, -0.15) is 0 Å². The van der Waals surface area contributed by atoms with Gasteiger partial charge in [0.25, 0.3) is 0 Å². The lowest BCUT2D eigenvalue weighted by molar-refractivity contribution is 0.195. The van der Waals surface area contributed by atoms with Crippen LogP contribution in [0.4, 0.5) is 0 Å². The molecule has 2 aromatic carbocycles. The number of fused-ring (bicyclic) bond motifs is 1. The van der Waals surface area contributed by atoms with E-state index in [1.165, 1.54) is 11.1 Å². The van der Waals surface area contributed by atoms with Gasteiger partial charge in [-0.05, 0) is 23.1 Å². The van der Waals surface area contributed by atoms with Gasteiger partial charge in [-0.25, -0.2) is 0 Å². The highest BCUT2D eigenvalue weighted by Gasteiger charge is 2.41. The van der Waals surface area contributed by atoms with Gasteiger partial charge in [-0.3, -0.25) is 0 Å². The first-order valence-corrected chi connectivity index (χ1v) is 10.6. The molecule has 3 rings (SSSR count). The van der Waals surface area contributed by atoms with Crippen molar-refractivity contribution in [2.24, 2.45) is 0 Å². The Kier molecular flexibility index (Phi) is 6.14. The summed E-state index contributed by atoms with van der Waals surface area (Å²) in [5.41, 5.74) is 2.59. The number of hydrogen-bond acceptors (Lipinski definition) is 4. The second-order valence-electron chi connectivity index (χ2n) is 5.81. The zero-order valence-corrected chi connectivity index (χ0v) is 16.0. The van der Waals surface area contributed by atoms with Crippen molar-refractivity contribution in [1.29, 1.82) is 0 Å². The first-order chi connectivity index (χ1) is 11.8. The summed E-state index contributed by atoms with van der Waals surface area (Å²) in [5.74, 6) is 3.14. The van der Waals surface area contributed by atoms with Crippen molar-refractivity contribution in [2.45, 2.75) is 37.1 Å². The molecular weight excluding hydrogens is 334 g/mol. The Labute approximate surface area is 153 Å². The molecule has 1 aliphatic heterocycles. The number of rotatable bonds is 7. The van der Waals surface area contributed by atoms with E-state index in [1.54, 1.807) is 0 Å². The minimum Gasteiger partial charge on any atom is -0.467 e. The summed E-state index contributed by atoms with van der Waals surface area (Å²) >= 11 is 3.83. The van der Waals surface area contributed by atoms with E-state index >= 15 is 0 Å². The van der Waals surface area contributed by atoms with Crippen LogP contribution in [-0.4, -0.2) is 15.8 Å². The zero-order valence-electron chi connectivity index (χ0n) is 14.3. The van der Waals surface area contributed by atoms with Crippen molar-refractivity contribution in [3.8, 4) is 5.75 Å². The Morgan fingerprint density at radius 3 is 2.38 bits per heavy atom. The fourth-order valence-electron chi connectivity index (χ4n) is 3.11. The molecule has 1 heterocycles. The zero-order chi connectivity index (χ0) is 16.8. The third-order valence-electron chi connectivity index (χ3n) is 4.14. The molecule has 24 heavy (non-hydrogen) atoms.